The quantitative estimate of drug-likeness (QED) is 0.583. The standard InChI is InChI=1S/C24H24FN5O3S/c1-29-14-11-27-23(29)22(18-6-4-7-20(25)15-18)28-24(31)17-9-12-30(13-10-17)34(32,33)21-8-3-2-5-19(21)16-26/h2-8,11,14-15,17,22H,9-10,12-13H2,1H3,(H,28,31)/t22-/m1/s1. The molecule has 1 aromatic heterocycles. The number of nitrogens with zero attached hydrogens (tertiary/aromatic N) is 4. The molecule has 3 aromatic rings. The van der Waals surface area contributed by atoms with E-state index in [1.807, 2.05) is 6.07 Å². The van der Waals surface area contributed by atoms with Crippen molar-refractivity contribution >= 4 is 15.9 Å². The Morgan fingerprint density at radius 3 is 2.59 bits per heavy atom. The van der Waals surface area contributed by atoms with Gasteiger partial charge in [-0.05, 0) is 42.7 Å². The Labute approximate surface area is 197 Å². The lowest BCUT2D eigenvalue weighted by atomic mass is 9.96. The number of amides is 1. The number of rotatable bonds is 6. The van der Waals surface area contributed by atoms with Crippen molar-refractivity contribution in [2.45, 2.75) is 23.8 Å². The maximum Gasteiger partial charge on any atom is 0.244 e. The van der Waals surface area contributed by atoms with Gasteiger partial charge in [0.15, 0.2) is 0 Å². The fourth-order valence-corrected chi connectivity index (χ4v) is 5.79. The number of nitriles is 1. The summed E-state index contributed by atoms with van der Waals surface area (Å²) < 4.78 is 43.1. The van der Waals surface area contributed by atoms with Crippen molar-refractivity contribution in [3.05, 3.63) is 83.7 Å². The van der Waals surface area contributed by atoms with E-state index in [2.05, 4.69) is 10.3 Å². The summed E-state index contributed by atoms with van der Waals surface area (Å²) in [6, 6.07) is 13.4. The number of imidazole rings is 1. The summed E-state index contributed by atoms with van der Waals surface area (Å²) in [6.45, 7) is 0.320. The summed E-state index contributed by atoms with van der Waals surface area (Å²) in [7, 11) is -2.05. The molecule has 0 aliphatic carbocycles. The minimum Gasteiger partial charge on any atom is -0.342 e. The molecule has 1 fully saturated rings. The Balaban J connectivity index is 1.48. The van der Waals surface area contributed by atoms with Gasteiger partial charge >= 0.3 is 0 Å². The van der Waals surface area contributed by atoms with E-state index in [-0.39, 0.29) is 29.5 Å². The number of aryl methyl sites for hydroxylation is 1. The summed E-state index contributed by atoms with van der Waals surface area (Å²) in [5.74, 6) is -0.505. The topological polar surface area (TPSA) is 108 Å². The second-order valence-corrected chi connectivity index (χ2v) is 10.1. The van der Waals surface area contributed by atoms with Crippen LogP contribution in [0, 0.1) is 23.1 Å². The number of aromatic nitrogens is 2. The van der Waals surface area contributed by atoms with E-state index in [0.29, 0.717) is 24.2 Å². The molecule has 0 unspecified atom stereocenters. The van der Waals surface area contributed by atoms with Gasteiger partial charge in [0.2, 0.25) is 15.9 Å². The van der Waals surface area contributed by atoms with E-state index in [1.165, 1.54) is 28.6 Å². The molecule has 1 aliphatic rings. The smallest absolute Gasteiger partial charge is 0.244 e. The van der Waals surface area contributed by atoms with Gasteiger partial charge in [-0.3, -0.25) is 4.79 Å². The normalized spacial score (nSPS) is 16.0. The van der Waals surface area contributed by atoms with E-state index in [0.717, 1.165) is 0 Å². The predicted octanol–water partition coefficient (Wildman–Crippen LogP) is 2.74. The van der Waals surface area contributed by atoms with Crippen LogP contribution in [0.5, 0.6) is 0 Å². The molecule has 34 heavy (non-hydrogen) atoms. The lowest BCUT2D eigenvalue weighted by molar-refractivity contribution is -0.126. The first-order valence-electron chi connectivity index (χ1n) is 10.8. The van der Waals surface area contributed by atoms with Gasteiger partial charge in [0.25, 0.3) is 0 Å². The molecule has 10 heteroatoms. The van der Waals surface area contributed by atoms with E-state index < -0.39 is 27.8 Å². The Morgan fingerprint density at radius 1 is 1.21 bits per heavy atom. The molecule has 8 nitrogen and oxygen atoms in total. The summed E-state index contributed by atoms with van der Waals surface area (Å²) >= 11 is 0. The van der Waals surface area contributed by atoms with Crippen molar-refractivity contribution in [3.63, 3.8) is 0 Å². The number of piperidine rings is 1. The minimum atomic E-state index is -3.84. The number of halogens is 1. The van der Waals surface area contributed by atoms with Gasteiger partial charge in [0.05, 0.1) is 10.5 Å². The monoisotopic (exact) mass is 481 g/mol. The van der Waals surface area contributed by atoms with Crippen molar-refractivity contribution < 1.29 is 17.6 Å². The molecule has 1 N–H and O–H groups in total. The largest absolute Gasteiger partial charge is 0.342 e. The Kier molecular flexibility index (Phi) is 6.77. The summed E-state index contributed by atoms with van der Waals surface area (Å²) in [5.41, 5.74) is 0.658. The van der Waals surface area contributed by atoms with Crippen LogP contribution in [0.2, 0.25) is 0 Å². The fraction of sp³-hybridized carbons (Fsp3) is 0.292. The van der Waals surface area contributed by atoms with Gasteiger partial charge in [-0.2, -0.15) is 9.57 Å². The lowest BCUT2D eigenvalue weighted by Gasteiger charge is -2.31. The maximum atomic E-state index is 13.9. The zero-order chi connectivity index (χ0) is 24.3. The van der Waals surface area contributed by atoms with Crippen LogP contribution >= 0.6 is 0 Å². The van der Waals surface area contributed by atoms with Crippen LogP contribution in [0.3, 0.4) is 0 Å². The highest BCUT2D eigenvalue weighted by molar-refractivity contribution is 7.89. The minimum absolute atomic E-state index is 0.0265. The Hall–Kier alpha value is -3.55. The highest BCUT2D eigenvalue weighted by Crippen LogP contribution is 2.27. The number of benzene rings is 2. The molecule has 1 atom stereocenters. The van der Waals surface area contributed by atoms with Crippen molar-refractivity contribution in [2.24, 2.45) is 13.0 Å². The van der Waals surface area contributed by atoms with Crippen LogP contribution < -0.4 is 5.32 Å². The summed E-state index contributed by atoms with van der Waals surface area (Å²) in [4.78, 5) is 17.4. The molecule has 0 saturated carbocycles. The SMILES string of the molecule is Cn1ccnc1[C@H](NC(=O)C1CCN(S(=O)(=O)c2ccccc2C#N)CC1)c1cccc(F)c1. The third-order valence-electron chi connectivity index (χ3n) is 6.04. The predicted molar refractivity (Wildman–Crippen MR) is 122 cm³/mol. The van der Waals surface area contributed by atoms with Gasteiger partial charge in [0, 0.05) is 38.4 Å². The van der Waals surface area contributed by atoms with Crippen molar-refractivity contribution in [1.82, 2.24) is 19.2 Å². The number of hydrogen-bond donors (Lipinski definition) is 1. The third-order valence-corrected chi connectivity index (χ3v) is 7.99. The highest BCUT2D eigenvalue weighted by Gasteiger charge is 2.34. The van der Waals surface area contributed by atoms with E-state index in [1.54, 1.807) is 48.3 Å². The number of carbonyl (C=O) groups is 1. The van der Waals surface area contributed by atoms with Crippen LogP contribution in [0.15, 0.2) is 65.8 Å². The average Bonchev–Trinajstić information content (AvgIpc) is 3.27. The second kappa shape index (κ2) is 9.75. The van der Waals surface area contributed by atoms with Crippen LogP contribution in [0.25, 0.3) is 0 Å². The first kappa shape index (κ1) is 23.6. The fourth-order valence-electron chi connectivity index (χ4n) is 4.18. The van der Waals surface area contributed by atoms with Crippen molar-refractivity contribution in [3.8, 4) is 6.07 Å². The van der Waals surface area contributed by atoms with E-state index >= 15 is 0 Å². The molecule has 4 rings (SSSR count). The molecule has 0 bridgehead atoms. The van der Waals surface area contributed by atoms with Gasteiger partial charge in [-0.25, -0.2) is 17.8 Å². The van der Waals surface area contributed by atoms with Crippen LogP contribution in [-0.4, -0.2) is 41.3 Å². The number of nitrogens with one attached hydrogen (secondary N) is 1. The van der Waals surface area contributed by atoms with Crippen molar-refractivity contribution in [2.75, 3.05) is 13.1 Å². The molecular weight excluding hydrogens is 457 g/mol. The van der Waals surface area contributed by atoms with Gasteiger partial charge in [0.1, 0.15) is 23.8 Å². The maximum absolute atomic E-state index is 13.9. The first-order valence-corrected chi connectivity index (χ1v) is 12.3. The molecule has 1 aliphatic heterocycles. The van der Waals surface area contributed by atoms with Gasteiger partial charge < -0.3 is 9.88 Å². The average molecular weight is 482 g/mol. The Morgan fingerprint density at radius 2 is 1.94 bits per heavy atom. The summed E-state index contributed by atoms with van der Waals surface area (Å²) in [5, 5.41) is 12.2. The molecular formula is C24H24FN5O3S. The van der Waals surface area contributed by atoms with Crippen LogP contribution in [-0.2, 0) is 21.9 Å². The number of sulfonamides is 1. The van der Waals surface area contributed by atoms with E-state index in [9.17, 15) is 22.9 Å². The molecule has 1 saturated heterocycles. The number of hydrogen-bond acceptors (Lipinski definition) is 5. The molecule has 176 valence electrons. The van der Waals surface area contributed by atoms with Gasteiger partial charge in [-0.1, -0.05) is 24.3 Å². The van der Waals surface area contributed by atoms with E-state index in [4.69, 9.17) is 0 Å². The zero-order valence-electron chi connectivity index (χ0n) is 18.6. The summed E-state index contributed by atoms with van der Waals surface area (Å²) in [6.07, 6.45) is 4.01. The molecule has 0 radical (unpaired) electrons. The second-order valence-electron chi connectivity index (χ2n) is 8.18. The van der Waals surface area contributed by atoms with Gasteiger partial charge in [-0.15, -0.1) is 0 Å². The third kappa shape index (κ3) is 4.71. The number of carbonyl (C=O) groups excluding carboxylic acids is 1. The molecule has 0 spiro atoms. The van der Waals surface area contributed by atoms with Crippen LogP contribution in [0.4, 0.5) is 4.39 Å². The molecule has 1 amide bonds. The first-order chi connectivity index (χ1) is 16.3. The zero-order valence-corrected chi connectivity index (χ0v) is 19.4. The highest BCUT2D eigenvalue weighted by atomic mass is 32.2. The molecule has 2 aromatic carbocycles. The van der Waals surface area contributed by atoms with Crippen LogP contribution in [0.1, 0.15) is 35.8 Å². The Bertz CT molecular complexity index is 1340. The molecule has 2 heterocycles. The lowest BCUT2D eigenvalue weighted by Crippen LogP contribution is -2.44. The van der Waals surface area contributed by atoms with Crippen molar-refractivity contribution in [1.29, 1.82) is 5.26 Å².